The first-order valence-electron chi connectivity index (χ1n) is 7.43. The van der Waals surface area contributed by atoms with Crippen molar-refractivity contribution in [1.82, 2.24) is 4.57 Å². The number of nitrogens with zero attached hydrogens (tertiary/aromatic N) is 1. The molecule has 0 saturated carbocycles. The highest BCUT2D eigenvalue weighted by Crippen LogP contribution is 2.29. The van der Waals surface area contributed by atoms with Crippen molar-refractivity contribution in [2.45, 2.75) is 52.0 Å². The summed E-state index contributed by atoms with van der Waals surface area (Å²) < 4.78 is 7.75. The van der Waals surface area contributed by atoms with Crippen LogP contribution in [0.25, 0.3) is 0 Å². The van der Waals surface area contributed by atoms with Gasteiger partial charge in [-0.1, -0.05) is 0 Å². The Labute approximate surface area is 119 Å². The van der Waals surface area contributed by atoms with Crippen molar-refractivity contribution < 1.29 is 9.21 Å². The van der Waals surface area contributed by atoms with Crippen molar-refractivity contribution in [2.24, 2.45) is 0 Å². The second kappa shape index (κ2) is 5.31. The second-order valence-electron chi connectivity index (χ2n) is 5.76. The number of hydrogen-bond acceptors (Lipinski definition) is 2. The molecule has 0 spiro atoms. The number of furan rings is 1. The lowest BCUT2D eigenvalue weighted by molar-refractivity contribution is 0.0971. The van der Waals surface area contributed by atoms with E-state index in [0.29, 0.717) is 18.2 Å². The fourth-order valence-corrected chi connectivity index (χ4v) is 3.30. The summed E-state index contributed by atoms with van der Waals surface area (Å²) in [5.74, 6) is 1.35. The third-order valence-corrected chi connectivity index (χ3v) is 4.28. The van der Waals surface area contributed by atoms with Gasteiger partial charge in [-0.2, -0.15) is 0 Å². The molecule has 2 aromatic heterocycles. The lowest BCUT2D eigenvalue weighted by atomic mass is 9.96. The Kier molecular flexibility index (Phi) is 3.51. The molecule has 3 rings (SSSR count). The van der Waals surface area contributed by atoms with Gasteiger partial charge in [0.2, 0.25) is 0 Å². The van der Waals surface area contributed by atoms with Gasteiger partial charge in [0.1, 0.15) is 5.76 Å². The van der Waals surface area contributed by atoms with E-state index in [-0.39, 0.29) is 0 Å². The Morgan fingerprint density at radius 2 is 2.25 bits per heavy atom. The summed E-state index contributed by atoms with van der Waals surface area (Å²) in [6.45, 7) is 4.34. The summed E-state index contributed by atoms with van der Waals surface area (Å²) >= 11 is 0. The molecular weight excluding hydrogens is 250 g/mol. The summed E-state index contributed by atoms with van der Waals surface area (Å²) in [6, 6.07) is 6.42. The quantitative estimate of drug-likeness (QED) is 0.839. The maximum atomic E-state index is 12.0. The van der Waals surface area contributed by atoms with Gasteiger partial charge in [-0.25, -0.2) is 0 Å². The van der Waals surface area contributed by atoms with Gasteiger partial charge in [0.05, 0.1) is 6.26 Å². The minimum Gasteiger partial charge on any atom is -0.469 e. The minimum absolute atomic E-state index is 0.311. The van der Waals surface area contributed by atoms with Crippen molar-refractivity contribution in [3.63, 3.8) is 0 Å². The SMILES string of the molecule is Cc1cc2c(n1C(C)CCc1ccco1)CCCC2=O. The van der Waals surface area contributed by atoms with Crippen molar-refractivity contribution in [1.29, 1.82) is 0 Å². The molecule has 3 heteroatoms. The molecule has 20 heavy (non-hydrogen) atoms. The van der Waals surface area contributed by atoms with Crippen molar-refractivity contribution in [2.75, 3.05) is 0 Å². The Balaban J connectivity index is 1.81. The normalized spacial score (nSPS) is 16.2. The topological polar surface area (TPSA) is 35.1 Å². The van der Waals surface area contributed by atoms with Gasteiger partial charge >= 0.3 is 0 Å². The third-order valence-electron chi connectivity index (χ3n) is 4.28. The van der Waals surface area contributed by atoms with Crippen LogP contribution in [0, 0.1) is 6.92 Å². The molecule has 0 fully saturated rings. The summed E-state index contributed by atoms with van der Waals surface area (Å²) in [7, 11) is 0. The van der Waals surface area contributed by atoms with E-state index in [1.807, 2.05) is 12.1 Å². The summed E-state index contributed by atoms with van der Waals surface area (Å²) in [4.78, 5) is 12.0. The predicted molar refractivity (Wildman–Crippen MR) is 78.2 cm³/mol. The molecule has 1 aliphatic rings. The number of aryl methyl sites for hydroxylation is 2. The Morgan fingerprint density at radius 1 is 1.40 bits per heavy atom. The highest BCUT2D eigenvalue weighted by Gasteiger charge is 2.24. The van der Waals surface area contributed by atoms with E-state index in [1.54, 1.807) is 6.26 Å². The molecule has 0 aromatic carbocycles. The lowest BCUT2D eigenvalue weighted by Gasteiger charge is -2.21. The summed E-state index contributed by atoms with van der Waals surface area (Å²) in [5.41, 5.74) is 3.40. The zero-order valence-corrected chi connectivity index (χ0v) is 12.2. The molecule has 2 aromatic rings. The van der Waals surface area contributed by atoms with Crippen LogP contribution >= 0.6 is 0 Å². The summed E-state index contributed by atoms with van der Waals surface area (Å²) in [5, 5.41) is 0. The van der Waals surface area contributed by atoms with Crippen molar-refractivity contribution in [3.8, 4) is 0 Å². The van der Waals surface area contributed by atoms with Crippen LogP contribution in [0.1, 0.15) is 59.7 Å². The van der Waals surface area contributed by atoms with Gasteiger partial charge in [-0.15, -0.1) is 0 Å². The highest BCUT2D eigenvalue weighted by molar-refractivity contribution is 5.98. The monoisotopic (exact) mass is 271 g/mol. The van der Waals surface area contributed by atoms with Gasteiger partial charge in [0.25, 0.3) is 0 Å². The number of hydrogen-bond donors (Lipinski definition) is 0. The van der Waals surface area contributed by atoms with Gasteiger partial charge < -0.3 is 8.98 Å². The van der Waals surface area contributed by atoms with E-state index in [0.717, 1.165) is 37.0 Å². The fraction of sp³-hybridized carbons (Fsp3) is 0.471. The Bertz CT molecular complexity index is 607. The molecule has 0 radical (unpaired) electrons. The molecule has 1 unspecified atom stereocenters. The zero-order chi connectivity index (χ0) is 14.1. The predicted octanol–water partition coefficient (Wildman–Crippen LogP) is 4.10. The van der Waals surface area contributed by atoms with Crippen LogP contribution in [0.4, 0.5) is 0 Å². The Hall–Kier alpha value is -1.77. The van der Waals surface area contributed by atoms with Crippen LogP contribution in [-0.2, 0) is 12.8 Å². The third kappa shape index (κ3) is 2.33. The van der Waals surface area contributed by atoms with Crippen LogP contribution in [0.2, 0.25) is 0 Å². The van der Waals surface area contributed by atoms with Crippen molar-refractivity contribution in [3.05, 3.63) is 47.2 Å². The van der Waals surface area contributed by atoms with Crippen LogP contribution < -0.4 is 0 Å². The van der Waals surface area contributed by atoms with Gasteiger partial charge in [0.15, 0.2) is 5.78 Å². The first-order chi connectivity index (χ1) is 9.66. The number of Topliss-reactive ketones (excluding diaryl/α,β-unsaturated/α-hetero) is 1. The highest BCUT2D eigenvalue weighted by atomic mass is 16.3. The lowest BCUT2D eigenvalue weighted by Crippen LogP contribution is -2.16. The number of carbonyl (C=O) groups excluding carboxylic acids is 1. The molecule has 1 atom stereocenters. The number of fused-ring (bicyclic) bond motifs is 1. The average molecular weight is 271 g/mol. The molecule has 3 nitrogen and oxygen atoms in total. The standard InChI is InChI=1S/C17H21NO2/c1-12(8-9-14-5-4-10-20-14)18-13(2)11-15-16(18)6-3-7-17(15)19/h4-5,10-12H,3,6-9H2,1-2H3. The van der Waals surface area contributed by atoms with Crippen molar-refractivity contribution >= 4 is 5.78 Å². The molecule has 106 valence electrons. The van der Waals surface area contributed by atoms with E-state index in [9.17, 15) is 4.79 Å². The van der Waals surface area contributed by atoms with Crippen LogP contribution in [0.5, 0.6) is 0 Å². The van der Waals surface area contributed by atoms with Gasteiger partial charge in [-0.05, 0) is 51.3 Å². The van der Waals surface area contributed by atoms with Gasteiger partial charge in [-0.3, -0.25) is 4.79 Å². The van der Waals surface area contributed by atoms with Gasteiger partial charge in [0, 0.05) is 35.8 Å². The smallest absolute Gasteiger partial charge is 0.164 e. The maximum Gasteiger partial charge on any atom is 0.164 e. The molecule has 0 amide bonds. The molecule has 2 heterocycles. The summed E-state index contributed by atoms with van der Waals surface area (Å²) in [6.07, 6.45) is 6.41. The number of ketones is 1. The maximum absolute atomic E-state index is 12.0. The second-order valence-corrected chi connectivity index (χ2v) is 5.76. The molecular formula is C17H21NO2. The first kappa shape index (κ1) is 13.2. The number of aromatic nitrogens is 1. The van der Waals surface area contributed by atoms with E-state index in [4.69, 9.17) is 4.42 Å². The first-order valence-corrected chi connectivity index (χ1v) is 7.43. The molecule has 0 bridgehead atoms. The fourth-order valence-electron chi connectivity index (χ4n) is 3.30. The van der Waals surface area contributed by atoms with E-state index >= 15 is 0 Å². The molecule has 1 aliphatic carbocycles. The van der Waals surface area contributed by atoms with E-state index in [2.05, 4.69) is 24.5 Å². The molecule has 0 aliphatic heterocycles. The number of carbonyl (C=O) groups is 1. The Morgan fingerprint density at radius 3 is 3.00 bits per heavy atom. The number of rotatable bonds is 4. The van der Waals surface area contributed by atoms with E-state index < -0.39 is 0 Å². The molecule has 0 N–H and O–H groups in total. The van der Waals surface area contributed by atoms with Crippen LogP contribution in [0.3, 0.4) is 0 Å². The van der Waals surface area contributed by atoms with Crippen LogP contribution in [-0.4, -0.2) is 10.4 Å². The largest absolute Gasteiger partial charge is 0.469 e. The zero-order valence-electron chi connectivity index (χ0n) is 12.2. The minimum atomic E-state index is 0.311. The molecule has 0 saturated heterocycles. The van der Waals surface area contributed by atoms with E-state index in [1.165, 1.54) is 11.4 Å². The average Bonchev–Trinajstić information content (AvgIpc) is 3.04. The van der Waals surface area contributed by atoms with Crippen LogP contribution in [0.15, 0.2) is 28.9 Å².